The summed E-state index contributed by atoms with van der Waals surface area (Å²) in [5.74, 6) is -1.01. The normalized spacial score (nSPS) is 16.6. The number of hydrogen-bond acceptors (Lipinski definition) is 7. The van der Waals surface area contributed by atoms with Crippen LogP contribution in [0.2, 0.25) is 0 Å². The highest BCUT2D eigenvalue weighted by Crippen LogP contribution is 2.40. The first-order valence-corrected chi connectivity index (χ1v) is 13.7. The summed E-state index contributed by atoms with van der Waals surface area (Å²) in [6, 6.07) is 12.9. The van der Waals surface area contributed by atoms with Crippen LogP contribution in [0.25, 0.3) is 10.9 Å². The molecular weight excluding hydrogens is 500 g/mol. The van der Waals surface area contributed by atoms with Crippen LogP contribution in [-0.2, 0) is 10.4 Å². The van der Waals surface area contributed by atoms with Crippen molar-refractivity contribution in [2.75, 3.05) is 19.7 Å². The van der Waals surface area contributed by atoms with Gasteiger partial charge in [0.25, 0.3) is 0 Å². The molecule has 9 heteroatoms. The third-order valence-corrected chi connectivity index (χ3v) is 7.67. The second-order valence-corrected chi connectivity index (χ2v) is 10.3. The van der Waals surface area contributed by atoms with Gasteiger partial charge >= 0.3 is 5.97 Å². The Morgan fingerprint density at radius 3 is 2.64 bits per heavy atom. The Morgan fingerprint density at radius 2 is 1.87 bits per heavy atom. The Balaban J connectivity index is 1.20. The van der Waals surface area contributed by atoms with Crippen molar-refractivity contribution in [3.05, 3.63) is 70.0 Å². The molecule has 1 heterocycles. The molecule has 2 aromatic carbocycles. The van der Waals surface area contributed by atoms with Gasteiger partial charge in [0.15, 0.2) is 5.60 Å². The number of carboxylic acid groups (broad SMARTS) is 1. The number of pyridine rings is 1. The summed E-state index contributed by atoms with van der Waals surface area (Å²) in [7, 11) is 0. The number of phenols is 1. The van der Waals surface area contributed by atoms with Crippen LogP contribution in [0, 0.1) is 5.92 Å². The van der Waals surface area contributed by atoms with Crippen LogP contribution < -0.4 is 15.6 Å². The Labute approximate surface area is 227 Å². The van der Waals surface area contributed by atoms with E-state index in [1.807, 2.05) is 0 Å². The van der Waals surface area contributed by atoms with Gasteiger partial charge in [-0.2, -0.15) is 0 Å². The third kappa shape index (κ3) is 6.79. The van der Waals surface area contributed by atoms with E-state index < -0.39 is 17.7 Å². The van der Waals surface area contributed by atoms with E-state index in [0.29, 0.717) is 60.3 Å². The molecular formula is C30H38N2O7. The van der Waals surface area contributed by atoms with Gasteiger partial charge in [0, 0.05) is 23.9 Å². The fourth-order valence-electron chi connectivity index (χ4n) is 5.49. The molecule has 1 aromatic heterocycles. The minimum Gasteiger partial charge on any atom is -0.506 e. The van der Waals surface area contributed by atoms with Crippen molar-refractivity contribution < 1.29 is 30.0 Å². The number of ether oxygens (including phenoxy) is 1. The predicted molar refractivity (Wildman–Crippen MR) is 148 cm³/mol. The molecule has 39 heavy (non-hydrogen) atoms. The van der Waals surface area contributed by atoms with E-state index in [4.69, 9.17) is 4.74 Å². The molecule has 0 amide bonds. The fourth-order valence-corrected chi connectivity index (χ4v) is 5.49. The molecule has 3 aromatic rings. The summed E-state index contributed by atoms with van der Waals surface area (Å²) in [6.45, 7) is 1.50. The van der Waals surface area contributed by atoms with Crippen LogP contribution in [0.3, 0.4) is 0 Å². The largest absolute Gasteiger partial charge is 0.506 e. The maximum atomic E-state index is 12.1. The van der Waals surface area contributed by atoms with Crippen molar-refractivity contribution in [1.29, 1.82) is 0 Å². The van der Waals surface area contributed by atoms with Crippen molar-refractivity contribution in [3.63, 3.8) is 0 Å². The van der Waals surface area contributed by atoms with Crippen molar-refractivity contribution >= 4 is 16.9 Å². The predicted octanol–water partition coefficient (Wildman–Crippen LogP) is 3.96. The standard InChI is InChI=1S/C30H38N2O7/c33-25-14-12-23(24-13-15-27(35)32-28(24)25)26(34)19-31-16-5-2-6-17-39-22-11-7-10-21(18-22)30(38,29(36)37)20-8-3-1-4-9-20/h7,10-15,18,20,26,31,33-34,38H,1-6,8-9,16-17,19H2,(H,32,35)(H,36,37). The number of hydrogen-bond donors (Lipinski definition) is 6. The lowest BCUT2D eigenvalue weighted by Crippen LogP contribution is -2.43. The number of carboxylic acids is 1. The molecule has 0 aliphatic heterocycles. The molecule has 0 saturated heterocycles. The number of fused-ring (bicyclic) bond motifs is 1. The molecule has 0 radical (unpaired) electrons. The number of nitrogens with one attached hydrogen (secondary N) is 2. The van der Waals surface area contributed by atoms with Crippen LogP contribution in [0.4, 0.5) is 0 Å². The number of phenolic OH excluding ortho intramolecular Hbond substituents is 1. The third-order valence-electron chi connectivity index (χ3n) is 7.67. The van der Waals surface area contributed by atoms with Gasteiger partial charge < -0.3 is 35.5 Å². The lowest BCUT2D eigenvalue weighted by atomic mass is 9.73. The number of aromatic amines is 1. The van der Waals surface area contributed by atoms with Crippen molar-refractivity contribution in [1.82, 2.24) is 10.3 Å². The maximum absolute atomic E-state index is 12.1. The number of aliphatic hydroxyl groups excluding tert-OH is 1. The van der Waals surface area contributed by atoms with Crippen LogP contribution in [-0.4, -0.2) is 51.1 Å². The zero-order chi connectivity index (χ0) is 27.8. The van der Waals surface area contributed by atoms with Crippen molar-refractivity contribution in [3.8, 4) is 11.5 Å². The Kier molecular flexibility index (Phi) is 9.61. The smallest absolute Gasteiger partial charge is 0.340 e. The zero-order valence-corrected chi connectivity index (χ0v) is 22.1. The summed E-state index contributed by atoms with van der Waals surface area (Å²) in [5.41, 5.74) is -0.915. The van der Waals surface area contributed by atoms with Crippen molar-refractivity contribution in [2.24, 2.45) is 5.92 Å². The number of carbonyl (C=O) groups is 1. The second kappa shape index (κ2) is 13.1. The quantitative estimate of drug-likeness (QED) is 0.179. The summed E-state index contributed by atoms with van der Waals surface area (Å²) in [5, 5.41) is 45.5. The molecule has 6 N–H and O–H groups in total. The number of aliphatic carboxylic acids is 1. The Hall–Kier alpha value is -3.40. The van der Waals surface area contributed by atoms with Gasteiger partial charge in [-0.15, -0.1) is 0 Å². The first kappa shape index (κ1) is 28.6. The highest BCUT2D eigenvalue weighted by Gasteiger charge is 2.46. The lowest BCUT2D eigenvalue weighted by molar-refractivity contribution is -0.168. The van der Waals surface area contributed by atoms with Crippen LogP contribution in [0.1, 0.15) is 68.6 Å². The molecule has 1 saturated carbocycles. The van der Waals surface area contributed by atoms with E-state index in [9.17, 15) is 30.0 Å². The molecule has 210 valence electrons. The van der Waals surface area contributed by atoms with Crippen LogP contribution >= 0.6 is 0 Å². The first-order chi connectivity index (χ1) is 18.8. The molecule has 4 rings (SSSR count). The maximum Gasteiger partial charge on any atom is 0.340 e. The van der Waals surface area contributed by atoms with Gasteiger partial charge in [-0.1, -0.05) is 37.5 Å². The van der Waals surface area contributed by atoms with Gasteiger partial charge in [-0.3, -0.25) is 4.79 Å². The average molecular weight is 539 g/mol. The van der Waals surface area contributed by atoms with Gasteiger partial charge in [0.05, 0.1) is 18.2 Å². The van der Waals surface area contributed by atoms with Crippen LogP contribution in [0.15, 0.2) is 53.3 Å². The summed E-state index contributed by atoms with van der Waals surface area (Å²) < 4.78 is 5.86. The first-order valence-electron chi connectivity index (χ1n) is 13.7. The highest BCUT2D eigenvalue weighted by molar-refractivity contribution is 5.87. The topological polar surface area (TPSA) is 152 Å². The number of aromatic nitrogens is 1. The Bertz CT molecular complexity index is 1320. The van der Waals surface area contributed by atoms with Gasteiger partial charge in [0.1, 0.15) is 11.5 Å². The number of aromatic hydroxyl groups is 1. The fraction of sp³-hybridized carbons (Fsp3) is 0.467. The van der Waals surface area contributed by atoms with E-state index >= 15 is 0 Å². The van der Waals surface area contributed by atoms with Gasteiger partial charge in [-0.05, 0) is 74.0 Å². The number of H-pyrrole nitrogens is 1. The Morgan fingerprint density at radius 1 is 1.08 bits per heavy atom. The van der Waals surface area contributed by atoms with Crippen LogP contribution in [0.5, 0.6) is 11.5 Å². The minimum absolute atomic E-state index is 0.0395. The summed E-state index contributed by atoms with van der Waals surface area (Å²) >= 11 is 0. The molecule has 0 spiro atoms. The number of benzene rings is 2. The molecule has 1 fully saturated rings. The molecule has 0 bridgehead atoms. The second-order valence-electron chi connectivity index (χ2n) is 10.3. The van der Waals surface area contributed by atoms with E-state index in [2.05, 4.69) is 10.3 Å². The van der Waals surface area contributed by atoms with E-state index in [1.54, 1.807) is 36.4 Å². The number of rotatable bonds is 13. The summed E-state index contributed by atoms with van der Waals surface area (Å²) in [6.07, 6.45) is 6.11. The SMILES string of the molecule is O=C(O)C(O)(c1cccc(OCCCCCNCC(O)c2ccc(O)c3[nH]c(=O)ccc23)c1)C1CCCCC1. The van der Waals surface area contributed by atoms with Gasteiger partial charge in [0.2, 0.25) is 5.56 Å². The van der Waals surface area contributed by atoms with Crippen molar-refractivity contribution in [2.45, 2.75) is 63.1 Å². The van der Waals surface area contributed by atoms with E-state index in [0.717, 1.165) is 38.5 Å². The molecule has 1 aliphatic rings. The number of aliphatic hydroxyl groups is 2. The molecule has 2 atom stereocenters. The van der Waals surface area contributed by atoms with Gasteiger partial charge in [-0.25, -0.2) is 4.79 Å². The van der Waals surface area contributed by atoms with E-state index in [1.165, 1.54) is 12.1 Å². The molecule has 2 unspecified atom stereocenters. The van der Waals surface area contributed by atoms with E-state index in [-0.39, 0.29) is 17.2 Å². The minimum atomic E-state index is -1.90. The number of unbranched alkanes of at least 4 members (excludes halogenated alkanes) is 2. The zero-order valence-electron chi connectivity index (χ0n) is 22.1. The summed E-state index contributed by atoms with van der Waals surface area (Å²) in [4.78, 5) is 26.3. The molecule has 9 nitrogen and oxygen atoms in total. The highest BCUT2D eigenvalue weighted by atomic mass is 16.5. The lowest BCUT2D eigenvalue weighted by Gasteiger charge is -2.35. The monoisotopic (exact) mass is 538 g/mol. The average Bonchev–Trinajstić information content (AvgIpc) is 2.94. The molecule has 1 aliphatic carbocycles.